The lowest BCUT2D eigenvalue weighted by atomic mass is 9.92. The van der Waals surface area contributed by atoms with Crippen molar-refractivity contribution in [2.75, 3.05) is 0 Å². The van der Waals surface area contributed by atoms with Gasteiger partial charge in [0, 0.05) is 38.4 Å². The lowest BCUT2D eigenvalue weighted by molar-refractivity contribution is 0.670. The van der Waals surface area contributed by atoms with Crippen LogP contribution in [0.15, 0.2) is 162 Å². The highest BCUT2D eigenvalue weighted by atomic mass is 16.3. The number of benzene rings is 6. The average Bonchev–Trinajstić information content (AvgIpc) is 3.73. The highest BCUT2D eigenvalue weighted by Gasteiger charge is 2.23. The Hall–Kier alpha value is -6.59. The van der Waals surface area contributed by atoms with Crippen LogP contribution in [0.3, 0.4) is 0 Å². The molecular formula is C45H30N4O. The Morgan fingerprint density at radius 2 is 1.18 bits per heavy atom. The normalized spacial score (nSPS) is 13.1. The fourth-order valence-corrected chi connectivity index (χ4v) is 7.40. The smallest absolute Gasteiger partial charge is 0.167 e. The van der Waals surface area contributed by atoms with E-state index in [9.17, 15) is 0 Å². The predicted octanol–water partition coefficient (Wildman–Crippen LogP) is 11.6. The number of hydrogen-bond acceptors (Lipinski definition) is 4. The molecule has 5 nitrogen and oxygen atoms in total. The number of allylic oxidation sites excluding steroid dienone is 4. The van der Waals surface area contributed by atoms with Gasteiger partial charge in [-0.1, -0.05) is 121 Å². The maximum absolute atomic E-state index is 6.98. The molecule has 9 aromatic rings. The molecule has 0 spiro atoms. The summed E-state index contributed by atoms with van der Waals surface area (Å²) in [6.07, 6.45) is 8.60. The third-order valence-corrected chi connectivity index (χ3v) is 9.73. The van der Waals surface area contributed by atoms with E-state index < -0.39 is 0 Å². The van der Waals surface area contributed by atoms with Crippen molar-refractivity contribution < 1.29 is 4.42 Å². The summed E-state index contributed by atoms with van der Waals surface area (Å²) in [6.45, 7) is 0. The van der Waals surface area contributed by atoms with Crippen molar-refractivity contribution in [2.24, 2.45) is 0 Å². The molecule has 0 bridgehead atoms. The molecule has 0 N–H and O–H groups in total. The largest absolute Gasteiger partial charge is 0.455 e. The molecule has 5 heteroatoms. The highest BCUT2D eigenvalue weighted by Crippen LogP contribution is 2.44. The second kappa shape index (κ2) is 11.5. The molecule has 0 amide bonds. The van der Waals surface area contributed by atoms with Crippen molar-refractivity contribution in [1.82, 2.24) is 19.5 Å². The summed E-state index contributed by atoms with van der Waals surface area (Å²) in [6, 6.07) is 48.3. The highest BCUT2D eigenvalue weighted by molar-refractivity contribution is 6.20. The molecule has 0 radical (unpaired) electrons. The molecule has 236 valence electrons. The Morgan fingerprint density at radius 3 is 1.88 bits per heavy atom. The Bertz CT molecular complexity index is 2740. The van der Waals surface area contributed by atoms with Crippen LogP contribution in [0, 0.1) is 0 Å². The van der Waals surface area contributed by atoms with Gasteiger partial charge in [-0.05, 0) is 60.4 Å². The van der Waals surface area contributed by atoms with Crippen LogP contribution in [0.4, 0.5) is 0 Å². The van der Waals surface area contributed by atoms with E-state index in [0.717, 1.165) is 68.1 Å². The van der Waals surface area contributed by atoms with Gasteiger partial charge in [-0.25, -0.2) is 15.0 Å². The van der Waals surface area contributed by atoms with Crippen LogP contribution in [0.1, 0.15) is 18.4 Å². The number of fused-ring (bicyclic) bond motifs is 6. The minimum atomic E-state index is 0.578. The van der Waals surface area contributed by atoms with Gasteiger partial charge < -0.3 is 8.98 Å². The van der Waals surface area contributed by atoms with E-state index in [2.05, 4.69) is 102 Å². The molecule has 0 saturated carbocycles. The van der Waals surface area contributed by atoms with Crippen LogP contribution in [0.2, 0.25) is 0 Å². The molecule has 0 atom stereocenters. The molecular weight excluding hydrogens is 613 g/mol. The van der Waals surface area contributed by atoms with Crippen molar-refractivity contribution in [2.45, 2.75) is 12.8 Å². The second-order valence-corrected chi connectivity index (χ2v) is 12.7. The van der Waals surface area contributed by atoms with Gasteiger partial charge in [0.2, 0.25) is 0 Å². The Labute approximate surface area is 288 Å². The lowest BCUT2D eigenvalue weighted by Gasteiger charge is -2.13. The average molecular weight is 643 g/mol. The zero-order valence-electron chi connectivity index (χ0n) is 27.1. The van der Waals surface area contributed by atoms with Crippen LogP contribution in [-0.2, 0) is 0 Å². The molecule has 0 fully saturated rings. The fraction of sp³-hybridized carbons (Fsp3) is 0.0444. The number of nitrogens with zero attached hydrogens (tertiary/aromatic N) is 4. The van der Waals surface area contributed by atoms with Crippen LogP contribution in [0.25, 0.3) is 89.2 Å². The van der Waals surface area contributed by atoms with E-state index in [1.54, 1.807) is 0 Å². The SMILES string of the molecule is C1=CCCC(c2ccc(-c3nc(-c4ccccc4)nc(-c4ccccc4)n3)c3oc4cc5c6ccccc6n(-c6ccccc6)c5cc4c23)=C1. The number of hydrogen-bond donors (Lipinski definition) is 0. The van der Waals surface area contributed by atoms with Crippen LogP contribution in [0.5, 0.6) is 0 Å². The molecule has 3 heterocycles. The molecule has 6 aromatic carbocycles. The summed E-state index contributed by atoms with van der Waals surface area (Å²) in [5.74, 6) is 1.82. The Balaban J connectivity index is 1.30. The number of furan rings is 1. The van der Waals surface area contributed by atoms with Crippen molar-refractivity contribution in [3.05, 3.63) is 163 Å². The first-order valence-electron chi connectivity index (χ1n) is 17.0. The van der Waals surface area contributed by atoms with E-state index in [4.69, 9.17) is 19.4 Å². The summed E-state index contributed by atoms with van der Waals surface area (Å²) in [5, 5.41) is 4.48. The summed E-state index contributed by atoms with van der Waals surface area (Å²) in [4.78, 5) is 15.1. The van der Waals surface area contributed by atoms with Crippen molar-refractivity contribution in [3.8, 4) is 39.9 Å². The number of rotatable bonds is 5. The van der Waals surface area contributed by atoms with Crippen molar-refractivity contribution >= 4 is 49.3 Å². The first-order valence-corrected chi connectivity index (χ1v) is 17.0. The van der Waals surface area contributed by atoms with E-state index in [1.165, 1.54) is 22.0 Å². The minimum absolute atomic E-state index is 0.578. The van der Waals surface area contributed by atoms with Crippen LogP contribution >= 0.6 is 0 Å². The summed E-state index contributed by atoms with van der Waals surface area (Å²) in [7, 11) is 0. The van der Waals surface area contributed by atoms with E-state index in [1.807, 2.05) is 60.7 Å². The zero-order chi connectivity index (χ0) is 33.0. The summed E-state index contributed by atoms with van der Waals surface area (Å²) < 4.78 is 9.34. The van der Waals surface area contributed by atoms with E-state index >= 15 is 0 Å². The van der Waals surface area contributed by atoms with Gasteiger partial charge in [-0.15, -0.1) is 0 Å². The molecule has 0 unspecified atom stereocenters. The Kier molecular flexibility index (Phi) is 6.56. The van der Waals surface area contributed by atoms with Gasteiger partial charge in [-0.2, -0.15) is 0 Å². The van der Waals surface area contributed by atoms with Gasteiger partial charge >= 0.3 is 0 Å². The lowest BCUT2D eigenvalue weighted by Crippen LogP contribution is -2.00. The minimum Gasteiger partial charge on any atom is -0.455 e. The molecule has 1 aliphatic rings. The molecule has 50 heavy (non-hydrogen) atoms. The third kappa shape index (κ3) is 4.59. The summed E-state index contributed by atoms with van der Waals surface area (Å²) in [5.41, 5.74) is 10.2. The van der Waals surface area contributed by atoms with E-state index in [0.29, 0.717) is 17.5 Å². The van der Waals surface area contributed by atoms with Crippen molar-refractivity contribution in [3.63, 3.8) is 0 Å². The number of para-hydroxylation sites is 2. The molecule has 0 aliphatic heterocycles. The maximum Gasteiger partial charge on any atom is 0.167 e. The topological polar surface area (TPSA) is 56.7 Å². The van der Waals surface area contributed by atoms with Gasteiger partial charge in [-0.3, -0.25) is 0 Å². The molecule has 1 aliphatic carbocycles. The van der Waals surface area contributed by atoms with Crippen LogP contribution < -0.4 is 0 Å². The first kappa shape index (κ1) is 28.4. The fourth-order valence-electron chi connectivity index (χ4n) is 7.40. The van der Waals surface area contributed by atoms with Gasteiger partial charge in [0.15, 0.2) is 17.5 Å². The molecule has 3 aromatic heterocycles. The van der Waals surface area contributed by atoms with Gasteiger partial charge in [0.1, 0.15) is 11.2 Å². The van der Waals surface area contributed by atoms with Crippen molar-refractivity contribution in [1.29, 1.82) is 0 Å². The predicted molar refractivity (Wildman–Crippen MR) is 204 cm³/mol. The maximum atomic E-state index is 6.98. The summed E-state index contributed by atoms with van der Waals surface area (Å²) >= 11 is 0. The quantitative estimate of drug-likeness (QED) is 0.187. The van der Waals surface area contributed by atoms with E-state index in [-0.39, 0.29) is 0 Å². The standard InChI is InChI=1S/C45H30N4O/c1-5-15-29(16-6-1)33-25-26-35(45-47-43(30-17-7-2-8-18-30)46-44(48-45)31-19-9-3-10-20-31)42-41(33)37-27-39-36(28-40(37)50-42)34-23-13-14-24-38(34)49(39)32-21-11-4-12-22-32/h1-5,7-15,17-28H,6,16H2. The third-order valence-electron chi connectivity index (χ3n) is 9.73. The monoisotopic (exact) mass is 642 g/mol. The molecule has 0 saturated heterocycles. The first-order chi connectivity index (χ1) is 24.8. The van der Waals surface area contributed by atoms with Gasteiger partial charge in [0.05, 0.1) is 16.6 Å². The molecule has 10 rings (SSSR count). The Morgan fingerprint density at radius 1 is 0.540 bits per heavy atom. The van der Waals surface area contributed by atoms with Crippen LogP contribution in [-0.4, -0.2) is 19.5 Å². The van der Waals surface area contributed by atoms with Gasteiger partial charge in [0.25, 0.3) is 0 Å². The number of aromatic nitrogens is 4. The zero-order valence-corrected chi connectivity index (χ0v) is 27.1. The second-order valence-electron chi connectivity index (χ2n) is 12.7.